The molecule has 0 radical (unpaired) electrons. The van der Waals surface area contributed by atoms with Crippen molar-refractivity contribution in [1.29, 1.82) is 0 Å². The van der Waals surface area contributed by atoms with Crippen molar-refractivity contribution >= 4 is 5.97 Å². The van der Waals surface area contributed by atoms with Crippen LogP contribution in [0.4, 0.5) is 0 Å². The van der Waals surface area contributed by atoms with E-state index in [1.54, 1.807) is 0 Å². The van der Waals surface area contributed by atoms with Crippen molar-refractivity contribution in [2.24, 2.45) is 5.92 Å². The maximum absolute atomic E-state index is 12.5. The van der Waals surface area contributed by atoms with Gasteiger partial charge in [-0.05, 0) is 45.7 Å². The molecular weight excluding hydrogens is 302 g/mol. The van der Waals surface area contributed by atoms with E-state index >= 15 is 0 Å². The number of hydrogen-bond acceptors (Lipinski definition) is 4. The van der Waals surface area contributed by atoms with Crippen LogP contribution in [0.2, 0.25) is 0 Å². The van der Waals surface area contributed by atoms with E-state index in [0.717, 1.165) is 19.4 Å². The van der Waals surface area contributed by atoms with Gasteiger partial charge >= 0.3 is 5.97 Å². The molecule has 1 aliphatic rings. The maximum atomic E-state index is 12.5. The van der Waals surface area contributed by atoms with Crippen molar-refractivity contribution < 1.29 is 14.3 Å². The molecule has 4 heteroatoms. The van der Waals surface area contributed by atoms with Gasteiger partial charge < -0.3 is 9.47 Å². The summed E-state index contributed by atoms with van der Waals surface area (Å²) in [4.78, 5) is 15.0. The van der Waals surface area contributed by atoms with Crippen LogP contribution in [0.5, 0.6) is 0 Å². The molecule has 0 unspecified atom stereocenters. The van der Waals surface area contributed by atoms with Crippen LogP contribution in [0, 0.1) is 5.92 Å². The Hall–Kier alpha value is -1.39. The number of piperidine rings is 1. The largest absolute Gasteiger partial charge is 0.466 e. The van der Waals surface area contributed by atoms with E-state index in [2.05, 4.69) is 36.1 Å². The fraction of sp³-hybridized carbons (Fsp3) is 0.650. The first-order chi connectivity index (χ1) is 11.7. The smallest absolute Gasteiger partial charge is 0.312 e. The van der Waals surface area contributed by atoms with E-state index < -0.39 is 0 Å². The van der Waals surface area contributed by atoms with Crippen molar-refractivity contribution in [1.82, 2.24) is 4.90 Å². The average Bonchev–Trinajstić information content (AvgIpc) is 2.63. The van der Waals surface area contributed by atoms with Gasteiger partial charge in [-0.2, -0.15) is 0 Å². The standard InChI is InChI=1S/C20H31NO3/c1-4-23-15-18(20(22)24-5-2)19-13-9-10-14-21(19)16(3)17-11-7-6-8-12-17/h6-8,11-12,16,18-19H,4-5,9-10,13-15H2,1-3H3/t16-,18+,19+/m1/s1. The molecule has 4 nitrogen and oxygen atoms in total. The molecule has 24 heavy (non-hydrogen) atoms. The zero-order valence-electron chi connectivity index (χ0n) is 15.2. The number of carbonyl (C=O) groups excluding carboxylic acids is 1. The summed E-state index contributed by atoms with van der Waals surface area (Å²) in [5.74, 6) is -0.334. The first-order valence-electron chi connectivity index (χ1n) is 9.24. The summed E-state index contributed by atoms with van der Waals surface area (Å²) in [5, 5.41) is 0. The van der Waals surface area contributed by atoms with Crippen molar-refractivity contribution in [3.05, 3.63) is 35.9 Å². The van der Waals surface area contributed by atoms with Crippen LogP contribution in [-0.4, -0.2) is 43.3 Å². The Morgan fingerprint density at radius 3 is 2.62 bits per heavy atom. The Morgan fingerprint density at radius 1 is 1.21 bits per heavy atom. The lowest BCUT2D eigenvalue weighted by atomic mass is 9.88. The van der Waals surface area contributed by atoms with E-state index in [9.17, 15) is 4.79 Å². The Labute approximate surface area is 146 Å². The van der Waals surface area contributed by atoms with Gasteiger partial charge in [-0.15, -0.1) is 0 Å². The minimum Gasteiger partial charge on any atom is -0.466 e. The van der Waals surface area contributed by atoms with E-state index in [-0.39, 0.29) is 24.0 Å². The number of likely N-dealkylation sites (tertiary alicyclic amines) is 1. The summed E-state index contributed by atoms with van der Waals surface area (Å²) in [6.45, 7) is 8.56. The molecule has 0 saturated carbocycles. The second-order valence-electron chi connectivity index (χ2n) is 6.41. The monoisotopic (exact) mass is 333 g/mol. The Morgan fingerprint density at radius 2 is 1.96 bits per heavy atom. The zero-order valence-corrected chi connectivity index (χ0v) is 15.2. The van der Waals surface area contributed by atoms with Crippen LogP contribution in [0.3, 0.4) is 0 Å². The fourth-order valence-corrected chi connectivity index (χ4v) is 3.65. The third-order valence-electron chi connectivity index (χ3n) is 4.93. The normalized spacial score (nSPS) is 21.2. The fourth-order valence-electron chi connectivity index (χ4n) is 3.65. The summed E-state index contributed by atoms with van der Waals surface area (Å²) < 4.78 is 11.0. The van der Waals surface area contributed by atoms with Gasteiger partial charge in [0.1, 0.15) is 0 Å². The van der Waals surface area contributed by atoms with Crippen molar-refractivity contribution in [2.75, 3.05) is 26.4 Å². The van der Waals surface area contributed by atoms with Crippen LogP contribution < -0.4 is 0 Å². The molecule has 1 saturated heterocycles. The highest BCUT2D eigenvalue weighted by Gasteiger charge is 2.37. The van der Waals surface area contributed by atoms with Gasteiger partial charge in [0, 0.05) is 18.7 Å². The molecule has 0 amide bonds. The molecule has 0 spiro atoms. The molecule has 1 fully saturated rings. The molecule has 0 aromatic heterocycles. The topological polar surface area (TPSA) is 38.8 Å². The summed E-state index contributed by atoms with van der Waals surface area (Å²) in [7, 11) is 0. The van der Waals surface area contributed by atoms with Gasteiger partial charge in [0.05, 0.1) is 19.1 Å². The number of hydrogen-bond donors (Lipinski definition) is 0. The minimum absolute atomic E-state index is 0.122. The molecule has 0 aliphatic carbocycles. The molecule has 1 heterocycles. The highest BCUT2D eigenvalue weighted by molar-refractivity contribution is 5.73. The molecule has 0 N–H and O–H groups in total. The number of rotatable bonds is 8. The SMILES string of the molecule is CCOC[C@H](C(=O)OCC)[C@@H]1CCCCN1[C@H](C)c1ccccc1. The average molecular weight is 333 g/mol. The molecule has 3 atom stereocenters. The summed E-state index contributed by atoms with van der Waals surface area (Å²) in [5.41, 5.74) is 1.29. The number of esters is 1. The quantitative estimate of drug-likeness (QED) is 0.678. The summed E-state index contributed by atoms with van der Waals surface area (Å²) >= 11 is 0. The van der Waals surface area contributed by atoms with Gasteiger partial charge in [0.2, 0.25) is 0 Å². The highest BCUT2D eigenvalue weighted by Crippen LogP contribution is 2.32. The molecular formula is C20H31NO3. The van der Waals surface area contributed by atoms with Gasteiger partial charge in [0.25, 0.3) is 0 Å². The summed E-state index contributed by atoms with van der Waals surface area (Å²) in [6, 6.07) is 11.0. The molecule has 2 rings (SSSR count). The first kappa shape index (κ1) is 18.9. The van der Waals surface area contributed by atoms with Crippen molar-refractivity contribution in [3.63, 3.8) is 0 Å². The second kappa shape index (κ2) is 9.80. The second-order valence-corrected chi connectivity index (χ2v) is 6.41. The van der Waals surface area contributed by atoms with Gasteiger partial charge in [-0.1, -0.05) is 36.8 Å². The Bertz CT molecular complexity index is 491. The predicted molar refractivity (Wildman–Crippen MR) is 95.8 cm³/mol. The predicted octanol–water partition coefficient (Wildman–Crippen LogP) is 3.82. The van der Waals surface area contributed by atoms with E-state index in [1.807, 2.05) is 19.9 Å². The Balaban J connectivity index is 2.19. The number of benzene rings is 1. The molecule has 1 aromatic rings. The van der Waals surface area contributed by atoms with E-state index in [0.29, 0.717) is 19.8 Å². The van der Waals surface area contributed by atoms with Crippen LogP contribution >= 0.6 is 0 Å². The third-order valence-corrected chi connectivity index (χ3v) is 4.93. The summed E-state index contributed by atoms with van der Waals surface area (Å²) in [6.07, 6.45) is 3.36. The van der Waals surface area contributed by atoms with E-state index in [1.165, 1.54) is 12.0 Å². The number of nitrogens with zero attached hydrogens (tertiary/aromatic N) is 1. The number of carbonyl (C=O) groups is 1. The van der Waals surface area contributed by atoms with Crippen molar-refractivity contribution in [2.45, 2.75) is 52.1 Å². The van der Waals surface area contributed by atoms with Gasteiger partial charge in [-0.3, -0.25) is 9.69 Å². The van der Waals surface area contributed by atoms with Gasteiger partial charge in [-0.25, -0.2) is 0 Å². The van der Waals surface area contributed by atoms with E-state index in [4.69, 9.17) is 9.47 Å². The Kier molecular flexibility index (Phi) is 7.73. The van der Waals surface area contributed by atoms with Crippen molar-refractivity contribution in [3.8, 4) is 0 Å². The molecule has 1 aliphatic heterocycles. The lowest BCUT2D eigenvalue weighted by Gasteiger charge is -2.43. The molecule has 0 bridgehead atoms. The van der Waals surface area contributed by atoms with Crippen LogP contribution in [0.25, 0.3) is 0 Å². The number of ether oxygens (including phenoxy) is 2. The van der Waals surface area contributed by atoms with Gasteiger partial charge in [0.15, 0.2) is 0 Å². The van der Waals surface area contributed by atoms with Crippen LogP contribution in [0.15, 0.2) is 30.3 Å². The lowest BCUT2D eigenvalue weighted by Crippen LogP contribution is -2.49. The first-order valence-corrected chi connectivity index (χ1v) is 9.24. The third kappa shape index (κ3) is 4.81. The van der Waals surface area contributed by atoms with Crippen LogP contribution in [-0.2, 0) is 14.3 Å². The zero-order chi connectivity index (χ0) is 17.4. The highest BCUT2D eigenvalue weighted by atomic mass is 16.5. The minimum atomic E-state index is -0.212. The van der Waals surface area contributed by atoms with Crippen LogP contribution in [0.1, 0.15) is 51.6 Å². The molecule has 134 valence electrons. The molecule has 1 aromatic carbocycles. The lowest BCUT2D eigenvalue weighted by molar-refractivity contribution is -0.154. The maximum Gasteiger partial charge on any atom is 0.312 e.